The number of para-hydroxylation sites is 1. The number of nitrogens with one attached hydrogen (secondary N) is 2. The molecule has 0 fully saturated rings. The van der Waals surface area contributed by atoms with Crippen LogP contribution in [0.5, 0.6) is 0 Å². The van der Waals surface area contributed by atoms with Gasteiger partial charge < -0.3 is 10.6 Å². The highest BCUT2D eigenvalue weighted by Crippen LogP contribution is 2.26. The average molecular weight is 264 g/mol. The number of amides is 1. The predicted molar refractivity (Wildman–Crippen MR) is 79.8 cm³/mol. The molecule has 3 nitrogen and oxygen atoms in total. The van der Waals surface area contributed by atoms with E-state index in [0.29, 0.717) is 17.5 Å². The standard InChI is InChI=1S/C14H20N2OS/c1-4-10(3)11-8-6-7-9-12(11)15-14(18)16-13(17)5-2/h6-10H,4-5H2,1-3H3,(H2,15,16,17,18)/t10-/m0/s1. The van der Waals surface area contributed by atoms with Crippen molar-refractivity contribution >= 4 is 28.9 Å². The molecule has 0 aliphatic rings. The third-order valence-electron chi connectivity index (χ3n) is 2.93. The summed E-state index contributed by atoms with van der Waals surface area (Å²) in [4.78, 5) is 11.2. The summed E-state index contributed by atoms with van der Waals surface area (Å²) in [5.41, 5.74) is 2.18. The molecule has 0 aliphatic heterocycles. The van der Waals surface area contributed by atoms with Crippen LogP contribution in [0.1, 0.15) is 45.1 Å². The van der Waals surface area contributed by atoms with Crippen molar-refractivity contribution in [2.75, 3.05) is 5.32 Å². The van der Waals surface area contributed by atoms with E-state index in [9.17, 15) is 4.79 Å². The summed E-state index contributed by atoms with van der Waals surface area (Å²) in [5.74, 6) is 0.381. The van der Waals surface area contributed by atoms with Crippen molar-refractivity contribution < 1.29 is 4.79 Å². The summed E-state index contributed by atoms with van der Waals surface area (Å²) in [6.45, 7) is 6.12. The molecular weight excluding hydrogens is 244 g/mol. The molecule has 1 aromatic rings. The van der Waals surface area contributed by atoms with Gasteiger partial charge in [-0.25, -0.2) is 0 Å². The van der Waals surface area contributed by atoms with Crippen LogP contribution in [0.2, 0.25) is 0 Å². The van der Waals surface area contributed by atoms with Crippen molar-refractivity contribution in [1.82, 2.24) is 5.32 Å². The first-order chi connectivity index (χ1) is 8.58. The van der Waals surface area contributed by atoms with Gasteiger partial charge in [0, 0.05) is 12.1 Å². The molecule has 0 aromatic heterocycles. The van der Waals surface area contributed by atoms with Gasteiger partial charge in [0.15, 0.2) is 5.11 Å². The van der Waals surface area contributed by atoms with Crippen molar-refractivity contribution in [3.05, 3.63) is 29.8 Å². The van der Waals surface area contributed by atoms with E-state index in [-0.39, 0.29) is 5.91 Å². The first kappa shape index (κ1) is 14.6. The first-order valence-corrected chi connectivity index (χ1v) is 6.69. The maximum atomic E-state index is 11.2. The summed E-state index contributed by atoms with van der Waals surface area (Å²) in [7, 11) is 0. The zero-order valence-corrected chi connectivity index (χ0v) is 11.9. The number of anilines is 1. The van der Waals surface area contributed by atoms with Crippen LogP contribution in [0, 0.1) is 0 Å². The Hall–Kier alpha value is -1.42. The van der Waals surface area contributed by atoms with E-state index < -0.39 is 0 Å². The fraction of sp³-hybridized carbons (Fsp3) is 0.429. The van der Waals surface area contributed by atoms with Crippen LogP contribution in [-0.2, 0) is 4.79 Å². The quantitative estimate of drug-likeness (QED) is 0.819. The molecular formula is C14H20N2OS. The summed E-state index contributed by atoms with van der Waals surface area (Å²) < 4.78 is 0. The fourth-order valence-corrected chi connectivity index (χ4v) is 1.85. The van der Waals surface area contributed by atoms with E-state index >= 15 is 0 Å². The number of benzene rings is 1. The third-order valence-corrected chi connectivity index (χ3v) is 3.13. The number of carbonyl (C=O) groups excluding carboxylic acids is 1. The molecule has 0 unspecified atom stereocenters. The average Bonchev–Trinajstić information content (AvgIpc) is 2.38. The van der Waals surface area contributed by atoms with Crippen LogP contribution in [0.3, 0.4) is 0 Å². The Morgan fingerprint density at radius 3 is 2.61 bits per heavy atom. The van der Waals surface area contributed by atoms with E-state index in [1.54, 1.807) is 6.92 Å². The smallest absolute Gasteiger partial charge is 0.225 e. The van der Waals surface area contributed by atoms with Gasteiger partial charge in [0.1, 0.15) is 0 Å². The molecule has 0 radical (unpaired) electrons. The van der Waals surface area contributed by atoms with Gasteiger partial charge in [0.25, 0.3) is 0 Å². The third kappa shape index (κ3) is 4.11. The molecule has 1 aromatic carbocycles. The normalized spacial score (nSPS) is 11.7. The number of hydrogen-bond acceptors (Lipinski definition) is 2. The van der Waals surface area contributed by atoms with Crippen LogP contribution >= 0.6 is 12.2 Å². The molecule has 0 spiro atoms. The molecule has 4 heteroatoms. The Bertz CT molecular complexity index is 432. The monoisotopic (exact) mass is 264 g/mol. The maximum absolute atomic E-state index is 11.2. The second kappa shape index (κ2) is 7.11. The van der Waals surface area contributed by atoms with E-state index in [0.717, 1.165) is 12.1 Å². The lowest BCUT2D eigenvalue weighted by Gasteiger charge is -2.16. The van der Waals surface area contributed by atoms with E-state index in [2.05, 4.69) is 30.5 Å². The largest absolute Gasteiger partial charge is 0.332 e. The van der Waals surface area contributed by atoms with Gasteiger partial charge in [0.2, 0.25) is 5.91 Å². The molecule has 18 heavy (non-hydrogen) atoms. The van der Waals surface area contributed by atoms with Crippen LogP contribution < -0.4 is 10.6 Å². The summed E-state index contributed by atoms with van der Waals surface area (Å²) >= 11 is 5.12. The highest BCUT2D eigenvalue weighted by molar-refractivity contribution is 7.80. The molecule has 1 atom stereocenters. The SMILES string of the molecule is CCC(=O)NC(=S)Nc1ccccc1[C@@H](C)CC. The summed E-state index contributed by atoms with van der Waals surface area (Å²) in [6.07, 6.45) is 1.49. The minimum absolute atomic E-state index is 0.0754. The highest BCUT2D eigenvalue weighted by atomic mass is 32.1. The van der Waals surface area contributed by atoms with Gasteiger partial charge in [-0.3, -0.25) is 4.79 Å². The van der Waals surface area contributed by atoms with E-state index in [1.165, 1.54) is 5.56 Å². The molecule has 0 aliphatic carbocycles. The zero-order chi connectivity index (χ0) is 13.5. The Morgan fingerprint density at radius 2 is 2.00 bits per heavy atom. The molecule has 0 heterocycles. The van der Waals surface area contributed by atoms with Crippen LogP contribution in [-0.4, -0.2) is 11.0 Å². The lowest BCUT2D eigenvalue weighted by atomic mass is 9.97. The van der Waals surface area contributed by atoms with Crippen molar-refractivity contribution in [3.8, 4) is 0 Å². The molecule has 0 saturated carbocycles. The Balaban J connectivity index is 2.78. The predicted octanol–water partition coefficient (Wildman–Crippen LogP) is 3.42. The Kier molecular flexibility index (Phi) is 5.78. The van der Waals surface area contributed by atoms with Gasteiger partial charge in [-0.1, -0.05) is 39.0 Å². The number of carbonyl (C=O) groups is 1. The van der Waals surface area contributed by atoms with E-state index in [1.807, 2.05) is 18.2 Å². The Labute approximate surface area is 114 Å². The molecule has 0 bridgehead atoms. The second-order valence-electron chi connectivity index (χ2n) is 4.25. The molecule has 98 valence electrons. The number of hydrogen-bond donors (Lipinski definition) is 2. The van der Waals surface area contributed by atoms with Crippen molar-refractivity contribution in [3.63, 3.8) is 0 Å². The minimum Gasteiger partial charge on any atom is -0.332 e. The minimum atomic E-state index is -0.0754. The molecule has 1 amide bonds. The number of thiocarbonyl (C=S) groups is 1. The van der Waals surface area contributed by atoms with Crippen molar-refractivity contribution in [1.29, 1.82) is 0 Å². The van der Waals surface area contributed by atoms with Crippen molar-refractivity contribution in [2.24, 2.45) is 0 Å². The lowest BCUT2D eigenvalue weighted by Crippen LogP contribution is -2.33. The molecule has 2 N–H and O–H groups in total. The summed E-state index contributed by atoms with van der Waals surface area (Å²) in [6, 6.07) is 8.03. The first-order valence-electron chi connectivity index (χ1n) is 6.28. The maximum Gasteiger partial charge on any atom is 0.225 e. The summed E-state index contributed by atoms with van der Waals surface area (Å²) in [5, 5.41) is 6.09. The lowest BCUT2D eigenvalue weighted by molar-refractivity contribution is -0.119. The van der Waals surface area contributed by atoms with E-state index in [4.69, 9.17) is 12.2 Å². The number of rotatable bonds is 4. The fourth-order valence-electron chi connectivity index (χ4n) is 1.63. The van der Waals surface area contributed by atoms with Crippen LogP contribution in [0.25, 0.3) is 0 Å². The van der Waals surface area contributed by atoms with Crippen molar-refractivity contribution in [2.45, 2.75) is 39.5 Å². The van der Waals surface area contributed by atoms with Gasteiger partial charge in [0.05, 0.1) is 0 Å². The second-order valence-corrected chi connectivity index (χ2v) is 4.66. The van der Waals surface area contributed by atoms with Gasteiger partial charge in [-0.15, -0.1) is 0 Å². The van der Waals surface area contributed by atoms with Gasteiger partial charge >= 0.3 is 0 Å². The topological polar surface area (TPSA) is 41.1 Å². The Morgan fingerprint density at radius 1 is 1.33 bits per heavy atom. The molecule has 1 rings (SSSR count). The van der Waals surface area contributed by atoms with Gasteiger partial charge in [-0.2, -0.15) is 0 Å². The highest BCUT2D eigenvalue weighted by Gasteiger charge is 2.10. The van der Waals surface area contributed by atoms with Gasteiger partial charge in [-0.05, 0) is 36.2 Å². The zero-order valence-electron chi connectivity index (χ0n) is 11.1. The van der Waals surface area contributed by atoms with Crippen LogP contribution in [0.15, 0.2) is 24.3 Å². The van der Waals surface area contributed by atoms with Crippen LogP contribution in [0.4, 0.5) is 5.69 Å². The molecule has 0 saturated heterocycles.